The number of hydrogen-bond acceptors (Lipinski definition) is 3. The third-order valence-corrected chi connectivity index (χ3v) is 2.98. The topological polar surface area (TPSA) is 52.9 Å². The largest absolute Gasteiger partial charge is 0.411 e. The smallest absolute Gasteiger partial charge is 0.253 e. The second-order valence-corrected chi connectivity index (χ2v) is 4.44. The molecule has 0 bridgehead atoms. The van der Waals surface area contributed by atoms with Crippen LogP contribution >= 0.6 is 0 Å². The fourth-order valence-corrected chi connectivity index (χ4v) is 1.91. The monoisotopic (exact) mass is 268 g/mol. The minimum Gasteiger partial charge on any atom is -0.411 e. The van der Waals surface area contributed by atoms with Crippen LogP contribution in [0.4, 0.5) is 0 Å². The fourth-order valence-electron chi connectivity index (χ4n) is 1.91. The van der Waals surface area contributed by atoms with Gasteiger partial charge < -0.3 is 10.1 Å². The van der Waals surface area contributed by atoms with Gasteiger partial charge in [-0.05, 0) is 12.1 Å². The third-order valence-electron chi connectivity index (χ3n) is 2.98. The molecule has 0 heterocycles. The lowest BCUT2D eigenvalue weighted by molar-refractivity contribution is 0.0814. The summed E-state index contributed by atoms with van der Waals surface area (Å²) in [5.41, 5.74) is 1.86. The molecule has 0 aromatic heterocycles. The van der Waals surface area contributed by atoms with E-state index in [1.807, 2.05) is 48.5 Å². The van der Waals surface area contributed by atoms with Crippen molar-refractivity contribution in [3.63, 3.8) is 0 Å². The summed E-state index contributed by atoms with van der Waals surface area (Å²) in [5, 5.41) is 12.4. The van der Waals surface area contributed by atoms with Gasteiger partial charge in [0.25, 0.3) is 5.91 Å². The summed E-state index contributed by atoms with van der Waals surface area (Å²) in [6.45, 7) is 0.244. The normalized spacial score (nSPS) is 11.2. The summed E-state index contributed by atoms with van der Waals surface area (Å²) in [6.07, 6.45) is 0. The summed E-state index contributed by atoms with van der Waals surface area (Å²) < 4.78 is 0. The lowest BCUT2D eigenvalue weighted by atomic mass is 10.1. The average Bonchev–Trinajstić information content (AvgIpc) is 2.53. The molecular weight excluding hydrogens is 252 g/mol. The molecule has 0 radical (unpaired) electrons. The van der Waals surface area contributed by atoms with Gasteiger partial charge in [-0.1, -0.05) is 53.7 Å². The van der Waals surface area contributed by atoms with E-state index in [0.717, 1.165) is 5.56 Å². The van der Waals surface area contributed by atoms with Gasteiger partial charge in [0.2, 0.25) is 0 Å². The molecule has 2 aromatic carbocycles. The first kappa shape index (κ1) is 13.8. The van der Waals surface area contributed by atoms with Gasteiger partial charge in [-0.25, -0.2) is 0 Å². The molecule has 1 N–H and O–H groups in total. The number of carbonyl (C=O) groups excluding carboxylic acids is 1. The van der Waals surface area contributed by atoms with Gasteiger partial charge in [-0.3, -0.25) is 4.79 Å². The molecule has 4 nitrogen and oxygen atoms in total. The van der Waals surface area contributed by atoms with E-state index in [2.05, 4.69) is 5.16 Å². The number of hydrogen-bond donors (Lipinski definition) is 1. The van der Waals surface area contributed by atoms with E-state index in [4.69, 9.17) is 5.21 Å². The van der Waals surface area contributed by atoms with E-state index in [0.29, 0.717) is 11.3 Å². The van der Waals surface area contributed by atoms with Gasteiger partial charge in [0.15, 0.2) is 0 Å². The second kappa shape index (κ2) is 6.52. The summed E-state index contributed by atoms with van der Waals surface area (Å²) >= 11 is 0. The predicted molar refractivity (Wildman–Crippen MR) is 78.2 cm³/mol. The van der Waals surface area contributed by atoms with Crippen molar-refractivity contribution in [1.82, 2.24) is 4.90 Å². The molecule has 20 heavy (non-hydrogen) atoms. The van der Waals surface area contributed by atoms with Crippen LogP contribution in [0.1, 0.15) is 15.9 Å². The SMILES string of the molecule is CN(C/C(=N/O)c1ccccc1)C(=O)c1ccccc1. The van der Waals surface area contributed by atoms with Gasteiger partial charge >= 0.3 is 0 Å². The minimum atomic E-state index is -0.109. The Bertz CT molecular complexity index is 594. The highest BCUT2D eigenvalue weighted by Crippen LogP contribution is 2.06. The Morgan fingerprint density at radius 1 is 1.00 bits per heavy atom. The van der Waals surface area contributed by atoms with Gasteiger partial charge in [0.05, 0.1) is 6.54 Å². The zero-order valence-electron chi connectivity index (χ0n) is 11.2. The van der Waals surface area contributed by atoms with Crippen LogP contribution in [-0.2, 0) is 0 Å². The Kier molecular flexibility index (Phi) is 4.50. The number of carbonyl (C=O) groups is 1. The van der Waals surface area contributed by atoms with Crippen LogP contribution in [0.15, 0.2) is 65.8 Å². The van der Waals surface area contributed by atoms with Gasteiger partial charge in [0.1, 0.15) is 5.71 Å². The molecule has 0 fully saturated rings. The molecule has 4 heteroatoms. The van der Waals surface area contributed by atoms with Crippen molar-refractivity contribution in [2.24, 2.45) is 5.16 Å². The molecule has 2 rings (SSSR count). The lowest BCUT2D eigenvalue weighted by Gasteiger charge is -2.17. The standard InChI is InChI=1S/C16H16N2O2/c1-18(16(19)14-10-6-3-7-11-14)12-15(17-20)13-8-4-2-5-9-13/h2-11,20H,12H2,1H3/b17-15-. The Morgan fingerprint density at radius 2 is 1.50 bits per heavy atom. The number of benzene rings is 2. The average molecular weight is 268 g/mol. The highest BCUT2D eigenvalue weighted by atomic mass is 16.4. The Balaban J connectivity index is 2.11. The van der Waals surface area contributed by atoms with Crippen LogP contribution in [0.25, 0.3) is 0 Å². The molecule has 0 saturated carbocycles. The lowest BCUT2D eigenvalue weighted by Crippen LogP contribution is -2.32. The van der Waals surface area contributed by atoms with Crippen molar-refractivity contribution < 1.29 is 10.0 Å². The number of likely N-dealkylation sites (N-methyl/N-ethyl adjacent to an activating group) is 1. The number of amides is 1. The fraction of sp³-hybridized carbons (Fsp3) is 0.125. The molecule has 0 saturated heterocycles. The van der Waals surface area contributed by atoms with Crippen LogP contribution < -0.4 is 0 Å². The minimum absolute atomic E-state index is 0.109. The van der Waals surface area contributed by atoms with E-state index >= 15 is 0 Å². The van der Waals surface area contributed by atoms with Crippen LogP contribution in [0.5, 0.6) is 0 Å². The second-order valence-electron chi connectivity index (χ2n) is 4.44. The highest BCUT2D eigenvalue weighted by molar-refractivity contribution is 6.04. The van der Waals surface area contributed by atoms with E-state index in [1.54, 1.807) is 19.2 Å². The van der Waals surface area contributed by atoms with E-state index in [1.165, 1.54) is 4.90 Å². The molecule has 0 aliphatic rings. The van der Waals surface area contributed by atoms with Crippen LogP contribution in [0.2, 0.25) is 0 Å². The molecule has 2 aromatic rings. The van der Waals surface area contributed by atoms with Crippen LogP contribution in [0, 0.1) is 0 Å². The number of nitrogens with zero attached hydrogens (tertiary/aromatic N) is 2. The quantitative estimate of drug-likeness (QED) is 0.526. The van der Waals surface area contributed by atoms with Crippen LogP contribution in [-0.4, -0.2) is 35.3 Å². The van der Waals surface area contributed by atoms with Crippen molar-refractivity contribution in [3.05, 3.63) is 71.8 Å². The molecule has 0 atom stereocenters. The van der Waals surface area contributed by atoms with Crippen molar-refractivity contribution >= 4 is 11.6 Å². The molecule has 102 valence electrons. The van der Waals surface area contributed by atoms with Gasteiger partial charge in [-0.15, -0.1) is 0 Å². The first-order valence-corrected chi connectivity index (χ1v) is 6.29. The van der Waals surface area contributed by atoms with E-state index in [-0.39, 0.29) is 12.5 Å². The summed E-state index contributed by atoms with van der Waals surface area (Å²) in [4.78, 5) is 13.7. The predicted octanol–water partition coefficient (Wildman–Crippen LogP) is 2.64. The highest BCUT2D eigenvalue weighted by Gasteiger charge is 2.14. The molecule has 0 spiro atoms. The van der Waals surface area contributed by atoms with Crippen molar-refractivity contribution in [2.75, 3.05) is 13.6 Å². The van der Waals surface area contributed by atoms with Crippen molar-refractivity contribution in [1.29, 1.82) is 0 Å². The van der Waals surface area contributed by atoms with Crippen molar-refractivity contribution in [2.45, 2.75) is 0 Å². The van der Waals surface area contributed by atoms with E-state index in [9.17, 15) is 4.79 Å². The summed E-state index contributed by atoms with van der Waals surface area (Å²) in [6, 6.07) is 18.3. The van der Waals surface area contributed by atoms with Crippen molar-refractivity contribution in [3.8, 4) is 0 Å². The maximum absolute atomic E-state index is 12.2. The zero-order chi connectivity index (χ0) is 14.4. The summed E-state index contributed by atoms with van der Waals surface area (Å²) in [5.74, 6) is -0.109. The zero-order valence-corrected chi connectivity index (χ0v) is 11.2. The van der Waals surface area contributed by atoms with Gasteiger partial charge in [-0.2, -0.15) is 0 Å². The third kappa shape index (κ3) is 3.23. The Morgan fingerprint density at radius 3 is 2.00 bits per heavy atom. The summed E-state index contributed by atoms with van der Waals surface area (Å²) in [7, 11) is 1.68. The maximum atomic E-state index is 12.2. The molecule has 0 unspecified atom stereocenters. The van der Waals surface area contributed by atoms with Gasteiger partial charge in [0, 0.05) is 18.2 Å². The Labute approximate surface area is 118 Å². The first-order chi connectivity index (χ1) is 9.72. The molecule has 0 aliphatic heterocycles. The molecular formula is C16H16N2O2. The molecule has 1 amide bonds. The Hall–Kier alpha value is -2.62. The molecule has 0 aliphatic carbocycles. The number of oxime groups is 1. The van der Waals surface area contributed by atoms with Crippen LogP contribution in [0.3, 0.4) is 0 Å². The number of rotatable bonds is 4. The maximum Gasteiger partial charge on any atom is 0.253 e. The van der Waals surface area contributed by atoms with E-state index < -0.39 is 0 Å². The first-order valence-electron chi connectivity index (χ1n) is 6.29.